The third kappa shape index (κ3) is 7.46. The lowest BCUT2D eigenvalue weighted by Gasteiger charge is -2.31. The van der Waals surface area contributed by atoms with E-state index in [0.717, 1.165) is 56.9 Å². The highest BCUT2D eigenvalue weighted by atomic mass is 16.5. The van der Waals surface area contributed by atoms with Crippen molar-refractivity contribution in [1.29, 1.82) is 0 Å². The van der Waals surface area contributed by atoms with Gasteiger partial charge < -0.3 is 29.9 Å². The van der Waals surface area contributed by atoms with E-state index >= 15 is 0 Å². The van der Waals surface area contributed by atoms with Crippen LogP contribution in [-0.4, -0.2) is 78.2 Å². The van der Waals surface area contributed by atoms with E-state index in [2.05, 4.69) is 32.4 Å². The predicted octanol–water partition coefficient (Wildman–Crippen LogP) is 4.15. The van der Waals surface area contributed by atoms with Gasteiger partial charge in [-0.1, -0.05) is 0 Å². The Morgan fingerprint density at radius 3 is 2.64 bits per heavy atom. The molecule has 0 aliphatic carbocycles. The molecule has 2 N–H and O–H groups in total. The summed E-state index contributed by atoms with van der Waals surface area (Å²) in [7, 11) is 1.66. The zero-order valence-electron chi connectivity index (χ0n) is 21.8. The SMILES string of the molecule is COc1ccc(Nc2nccc(NCC3CCN(C(C)=O)CC3)n2)cc1OC(C)CCN1CCCC1. The van der Waals surface area contributed by atoms with Crippen molar-refractivity contribution in [2.24, 2.45) is 5.92 Å². The number of carbonyl (C=O) groups excluding carboxylic acids is 1. The van der Waals surface area contributed by atoms with Crippen LogP contribution in [0.15, 0.2) is 30.5 Å². The number of nitrogens with zero attached hydrogens (tertiary/aromatic N) is 4. The van der Waals surface area contributed by atoms with Crippen LogP contribution in [0, 0.1) is 5.92 Å². The van der Waals surface area contributed by atoms with E-state index in [1.165, 1.54) is 25.9 Å². The number of anilines is 3. The minimum atomic E-state index is 0.0841. The Kier molecular flexibility index (Phi) is 9.22. The highest BCUT2D eigenvalue weighted by molar-refractivity contribution is 5.73. The molecule has 196 valence electrons. The number of carbonyl (C=O) groups is 1. The van der Waals surface area contributed by atoms with Crippen LogP contribution in [0.1, 0.15) is 46.0 Å². The maximum absolute atomic E-state index is 11.5. The van der Waals surface area contributed by atoms with Gasteiger partial charge in [0.15, 0.2) is 11.5 Å². The number of rotatable bonds is 11. The fraction of sp³-hybridized carbons (Fsp3) is 0.593. The van der Waals surface area contributed by atoms with Crippen molar-refractivity contribution < 1.29 is 14.3 Å². The van der Waals surface area contributed by atoms with E-state index in [0.29, 0.717) is 23.4 Å². The Morgan fingerprint density at radius 1 is 1.14 bits per heavy atom. The number of amides is 1. The Bertz CT molecular complexity index is 989. The maximum Gasteiger partial charge on any atom is 0.229 e. The third-order valence-electron chi connectivity index (χ3n) is 7.09. The number of methoxy groups -OCH3 is 1. The first-order valence-electron chi connectivity index (χ1n) is 13.2. The van der Waals surface area contributed by atoms with Crippen molar-refractivity contribution in [3.8, 4) is 11.5 Å². The summed E-state index contributed by atoms with van der Waals surface area (Å²) < 4.78 is 11.8. The average Bonchev–Trinajstić information content (AvgIpc) is 3.41. The minimum absolute atomic E-state index is 0.0841. The predicted molar refractivity (Wildman–Crippen MR) is 142 cm³/mol. The van der Waals surface area contributed by atoms with E-state index < -0.39 is 0 Å². The van der Waals surface area contributed by atoms with E-state index in [9.17, 15) is 4.79 Å². The maximum atomic E-state index is 11.5. The van der Waals surface area contributed by atoms with Crippen molar-refractivity contribution >= 4 is 23.4 Å². The molecule has 9 nitrogen and oxygen atoms in total. The van der Waals surface area contributed by atoms with Crippen LogP contribution in [0.2, 0.25) is 0 Å². The summed E-state index contributed by atoms with van der Waals surface area (Å²) in [4.78, 5) is 25.0. The molecular formula is C27H40N6O3. The van der Waals surface area contributed by atoms with Gasteiger partial charge in [0.2, 0.25) is 11.9 Å². The zero-order chi connectivity index (χ0) is 25.3. The number of hydrogen-bond acceptors (Lipinski definition) is 8. The first kappa shape index (κ1) is 26.0. The lowest BCUT2D eigenvalue weighted by atomic mass is 9.97. The van der Waals surface area contributed by atoms with E-state index in [-0.39, 0.29) is 12.0 Å². The summed E-state index contributed by atoms with van der Waals surface area (Å²) in [5.74, 6) is 3.41. The average molecular weight is 497 g/mol. The molecule has 36 heavy (non-hydrogen) atoms. The number of likely N-dealkylation sites (tertiary alicyclic amines) is 2. The van der Waals surface area contributed by atoms with Gasteiger partial charge in [0.25, 0.3) is 0 Å². The van der Waals surface area contributed by atoms with Crippen LogP contribution < -0.4 is 20.1 Å². The molecule has 1 aromatic carbocycles. The van der Waals surface area contributed by atoms with Crippen molar-refractivity contribution in [2.75, 3.05) is 57.0 Å². The molecule has 0 spiro atoms. The summed E-state index contributed by atoms with van der Waals surface area (Å²) >= 11 is 0. The van der Waals surface area contributed by atoms with Gasteiger partial charge in [-0.15, -0.1) is 0 Å². The number of aromatic nitrogens is 2. The summed E-state index contributed by atoms with van der Waals surface area (Å²) in [6.07, 6.45) is 7.43. The van der Waals surface area contributed by atoms with Crippen LogP contribution in [0.25, 0.3) is 0 Å². The number of hydrogen-bond donors (Lipinski definition) is 2. The van der Waals surface area contributed by atoms with Crippen LogP contribution in [0.3, 0.4) is 0 Å². The highest BCUT2D eigenvalue weighted by Crippen LogP contribution is 2.32. The highest BCUT2D eigenvalue weighted by Gasteiger charge is 2.20. The molecule has 3 heterocycles. The van der Waals surface area contributed by atoms with Crippen LogP contribution in [-0.2, 0) is 4.79 Å². The van der Waals surface area contributed by atoms with Gasteiger partial charge in [-0.25, -0.2) is 4.98 Å². The Hall–Kier alpha value is -3.07. The van der Waals surface area contributed by atoms with Gasteiger partial charge in [0.1, 0.15) is 5.82 Å². The Labute approximate surface area is 214 Å². The molecule has 1 unspecified atom stereocenters. The molecule has 0 saturated carbocycles. The van der Waals surface area contributed by atoms with Gasteiger partial charge in [0, 0.05) is 51.1 Å². The summed E-state index contributed by atoms with van der Waals surface area (Å²) in [5.41, 5.74) is 0.839. The number of ether oxygens (including phenoxy) is 2. The zero-order valence-corrected chi connectivity index (χ0v) is 21.8. The van der Waals surface area contributed by atoms with E-state index in [1.807, 2.05) is 29.2 Å². The number of nitrogens with one attached hydrogen (secondary N) is 2. The van der Waals surface area contributed by atoms with Gasteiger partial charge >= 0.3 is 0 Å². The summed E-state index contributed by atoms with van der Waals surface area (Å²) in [6.45, 7) is 9.70. The second-order valence-electron chi connectivity index (χ2n) is 9.85. The molecule has 0 radical (unpaired) electrons. The molecule has 1 amide bonds. The molecule has 2 aliphatic heterocycles. The molecule has 9 heteroatoms. The van der Waals surface area contributed by atoms with E-state index in [1.54, 1.807) is 20.2 Å². The monoisotopic (exact) mass is 496 g/mol. The molecule has 2 aliphatic rings. The first-order chi connectivity index (χ1) is 17.5. The largest absolute Gasteiger partial charge is 0.493 e. The standard InChI is InChI=1S/C27H40N6O3/c1-20(9-15-32-13-4-5-14-32)36-25-18-23(6-7-24(25)35-3)30-27-28-12-8-26(31-27)29-19-22-10-16-33(17-11-22)21(2)34/h6-8,12,18,20,22H,4-5,9-11,13-17,19H2,1-3H3,(H2,28,29,30,31). The van der Waals surface area contributed by atoms with Crippen molar-refractivity contribution in [2.45, 2.75) is 52.1 Å². The molecule has 2 saturated heterocycles. The molecule has 2 aromatic rings. The van der Waals surface area contributed by atoms with E-state index in [4.69, 9.17) is 9.47 Å². The minimum Gasteiger partial charge on any atom is -0.493 e. The lowest BCUT2D eigenvalue weighted by Crippen LogP contribution is -2.38. The Morgan fingerprint density at radius 2 is 1.92 bits per heavy atom. The van der Waals surface area contributed by atoms with Gasteiger partial charge in [-0.3, -0.25) is 4.79 Å². The Balaban J connectivity index is 1.31. The first-order valence-corrected chi connectivity index (χ1v) is 13.2. The van der Waals surface area contributed by atoms with Gasteiger partial charge in [-0.05, 0) is 76.2 Å². The van der Waals surface area contributed by atoms with Crippen LogP contribution in [0.5, 0.6) is 11.5 Å². The second-order valence-corrected chi connectivity index (χ2v) is 9.85. The summed E-state index contributed by atoms with van der Waals surface area (Å²) in [5, 5.41) is 6.73. The van der Waals surface area contributed by atoms with Crippen LogP contribution in [0.4, 0.5) is 17.5 Å². The fourth-order valence-electron chi connectivity index (χ4n) is 4.84. The van der Waals surface area contributed by atoms with Gasteiger partial charge in [0.05, 0.1) is 13.2 Å². The molecule has 2 fully saturated rings. The molecule has 0 bridgehead atoms. The number of piperidine rings is 1. The second kappa shape index (κ2) is 12.8. The van der Waals surface area contributed by atoms with Crippen molar-refractivity contribution in [3.63, 3.8) is 0 Å². The van der Waals surface area contributed by atoms with Gasteiger partial charge in [-0.2, -0.15) is 4.98 Å². The quantitative estimate of drug-likeness (QED) is 0.479. The molecule has 1 aromatic heterocycles. The number of benzene rings is 1. The molecular weight excluding hydrogens is 456 g/mol. The molecule has 1 atom stereocenters. The van der Waals surface area contributed by atoms with Crippen molar-refractivity contribution in [3.05, 3.63) is 30.5 Å². The van der Waals surface area contributed by atoms with Crippen molar-refractivity contribution in [1.82, 2.24) is 19.8 Å². The fourth-order valence-corrected chi connectivity index (χ4v) is 4.84. The van der Waals surface area contributed by atoms with Crippen LogP contribution >= 0.6 is 0 Å². The smallest absolute Gasteiger partial charge is 0.229 e. The summed E-state index contributed by atoms with van der Waals surface area (Å²) in [6, 6.07) is 7.66. The molecule has 4 rings (SSSR count). The normalized spacial score (nSPS) is 17.6. The topological polar surface area (TPSA) is 91.9 Å². The lowest BCUT2D eigenvalue weighted by molar-refractivity contribution is -0.130. The third-order valence-corrected chi connectivity index (χ3v) is 7.09.